The number of anilines is 1. The first kappa shape index (κ1) is 15.2. The second-order valence-electron chi connectivity index (χ2n) is 4.13. The number of hydrogen-bond acceptors (Lipinski definition) is 3. The number of hydrogen-bond donors (Lipinski definition) is 2. The fraction of sp³-hybridized carbons (Fsp3) is 0.455. The lowest BCUT2D eigenvalue weighted by Crippen LogP contribution is -2.33. The number of halogens is 2. The molecule has 0 amide bonds. The third-order valence-corrected chi connectivity index (χ3v) is 4.25. The topological polar surface area (TPSA) is 72.2 Å². The van der Waals surface area contributed by atoms with E-state index in [1.807, 2.05) is 6.92 Å². The van der Waals surface area contributed by atoms with E-state index in [2.05, 4.69) is 4.72 Å². The molecule has 18 heavy (non-hydrogen) atoms. The summed E-state index contributed by atoms with van der Waals surface area (Å²) in [6, 6.07) is 1.95. The molecule has 1 unspecified atom stereocenters. The lowest BCUT2D eigenvalue weighted by Gasteiger charge is -2.14. The minimum absolute atomic E-state index is 0.102. The third kappa shape index (κ3) is 3.57. The number of nitrogen functional groups attached to an aromatic ring is 1. The zero-order valence-corrected chi connectivity index (χ0v) is 11.8. The van der Waals surface area contributed by atoms with Crippen LogP contribution in [0.4, 0.5) is 10.1 Å². The van der Waals surface area contributed by atoms with Gasteiger partial charge in [0.05, 0.1) is 5.02 Å². The Balaban J connectivity index is 3.13. The van der Waals surface area contributed by atoms with Crippen molar-refractivity contribution in [3.8, 4) is 0 Å². The van der Waals surface area contributed by atoms with E-state index in [1.54, 1.807) is 6.92 Å². The van der Waals surface area contributed by atoms with Crippen molar-refractivity contribution in [2.75, 3.05) is 5.73 Å². The maximum atomic E-state index is 13.7. The van der Waals surface area contributed by atoms with Gasteiger partial charge >= 0.3 is 0 Å². The molecule has 0 aliphatic carbocycles. The molecule has 0 aliphatic heterocycles. The van der Waals surface area contributed by atoms with Crippen LogP contribution in [0.5, 0.6) is 0 Å². The Morgan fingerprint density at radius 2 is 2.11 bits per heavy atom. The van der Waals surface area contributed by atoms with Crippen molar-refractivity contribution in [3.63, 3.8) is 0 Å². The van der Waals surface area contributed by atoms with Crippen molar-refractivity contribution in [1.82, 2.24) is 4.72 Å². The van der Waals surface area contributed by atoms with Crippen LogP contribution >= 0.6 is 11.6 Å². The fourth-order valence-electron chi connectivity index (χ4n) is 1.60. The molecule has 1 aromatic carbocycles. The highest BCUT2D eigenvalue weighted by atomic mass is 35.5. The van der Waals surface area contributed by atoms with Gasteiger partial charge in [-0.1, -0.05) is 24.9 Å². The van der Waals surface area contributed by atoms with Gasteiger partial charge < -0.3 is 5.73 Å². The average Bonchev–Trinajstić information content (AvgIpc) is 2.22. The summed E-state index contributed by atoms with van der Waals surface area (Å²) in [7, 11) is -3.95. The van der Waals surface area contributed by atoms with Gasteiger partial charge in [0.15, 0.2) is 5.82 Å². The van der Waals surface area contributed by atoms with Crippen LogP contribution in [0.1, 0.15) is 26.7 Å². The first-order chi connectivity index (χ1) is 8.27. The maximum Gasteiger partial charge on any atom is 0.243 e. The number of rotatable bonds is 5. The van der Waals surface area contributed by atoms with E-state index in [-0.39, 0.29) is 16.8 Å². The van der Waals surface area contributed by atoms with Crippen LogP contribution in [0, 0.1) is 5.82 Å². The van der Waals surface area contributed by atoms with Gasteiger partial charge in [-0.2, -0.15) is 0 Å². The molecule has 1 aromatic rings. The number of nitrogens with one attached hydrogen (secondary N) is 1. The van der Waals surface area contributed by atoms with Crippen LogP contribution in [0.3, 0.4) is 0 Å². The van der Waals surface area contributed by atoms with Gasteiger partial charge in [0.1, 0.15) is 4.90 Å². The Labute approximate surface area is 111 Å². The summed E-state index contributed by atoms with van der Waals surface area (Å²) in [5.74, 6) is -0.984. The van der Waals surface area contributed by atoms with Crippen LogP contribution in [0.25, 0.3) is 0 Å². The highest BCUT2D eigenvalue weighted by molar-refractivity contribution is 7.89. The molecule has 4 nitrogen and oxygen atoms in total. The zero-order valence-electron chi connectivity index (χ0n) is 10.2. The van der Waals surface area contributed by atoms with Crippen molar-refractivity contribution in [2.24, 2.45) is 0 Å². The van der Waals surface area contributed by atoms with Crippen LogP contribution in [-0.4, -0.2) is 14.5 Å². The quantitative estimate of drug-likeness (QED) is 0.820. The van der Waals surface area contributed by atoms with Crippen molar-refractivity contribution >= 4 is 27.3 Å². The van der Waals surface area contributed by atoms with Crippen LogP contribution in [0.15, 0.2) is 17.0 Å². The highest BCUT2D eigenvalue weighted by Gasteiger charge is 2.23. The van der Waals surface area contributed by atoms with Crippen molar-refractivity contribution in [1.29, 1.82) is 0 Å². The van der Waals surface area contributed by atoms with E-state index in [1.165, 1.54) is 6.07 Å². The van der Waals surface area contributed by atoms with E-state index < -0.39 is 20.7 Å². The summed E-state index contributed by atoms with van der Waals surface area (Å²) in [5, 5.41) is -0.307. The predicted octanol–water partition coefficient (Wildman–Crippen LogP) is 2.53. The molecular weight excluding hydrogens is 279 g/mol. The fourth-order valence-corrected chi connectivity index (χ4v) is 3.30. The monoisotopic (exact) mass is 294 g/mol. The van der Waals surface area contributed by atoms with Gasteiger partial charge in [0, 0.05) is 11.7 Å². The Bertz CT molecular complexity index is 534. The van der Waals surface area contributed by atoms with Gasteiger partial charge in [-0.3, -0.25) is 0 Å². The molecule has 0 saturated carbocycles. The number of benzene rings is 1. The maximum absolute atomic E-state index is 13.7. The molecule has 1 atom stereocenters. The Morgan fingerprint density at radius 3 is 2.67 bits per heavy atom. The van der Waals surface area contributed by atoms with E-state index in [9.17, 15) is 12.8 Å². The summed E-state index contributed by atoms with van der Waals surface area (Å²) in [6.45, 7) is 3.65. The van der Waals surface area contributed by atoms with Crippen LogP contribution in [0.2, 0.25) is 5.02 Å². The van der Waals surface area contributed by atoms with E-state index in [0.717, 1.165) is 12.5 Å². The van der Waals surface area contributed by atoms with Crippen molar-refractivity contribution in [2.45, 2.75) is 37.6 Å². The summed E-state index contributed by atoms with van der Waals surface area (Å²) in [5.41, 5.74) is 5.57. The summed E-state index contributed by atoms with van der Waals surface area (Å²) in [6.07, 6.45) is 1.49. The largest absolute Gasteiger partial charge is 0.399 e. The summed E-state index contributed by atoms with van der Waals surface area (Å²) >= 11 is 5.58. The van der Waals surface area contributed by atoms with Crippen LogP contribution < -0.4 is 10.5 Å². The molecule has 0 spiro atoms. The molecule has 0 radical (unpaired) electrons. The van der Waals surface area contributed by atoms with Crippen molar-refractivity contribution < 1.29 is 12.8 Å². The van der Waals surface area contributed by atoms with E-state index >= 15 is 0 Å². The predicted molar refractivity (Wildman–Crippen MR) is 70.5 cm³/mol. The normalized spacial score (nSPS) is 13.6. The van der Waals surface area contributed by atoms with Gasteiger partial charge in [-0.05, 0) is 25.5 Å². The molecule has 7 heteroatoms. The van der Waals surface area contributed by atoms with Gasteiger partial charge in [0.2, 0.25) is 10.0 Å². The number of sulfonamides is 1. The van der Waals surface area contributed by atoms with Gasteiger partial charge in [-0.25, -0.2) is 17.5 Å². The van der Waals surface area contributed by atoms with Crippen molar-refractivity contribution in [3.05, 3.63) is 23.0 Å². The smallest absolute Gasteiger partial charge is 0.243 e. The molecule has 0 bridgehead atoms. The standard InChI is InChI=1S/C11H16ClFN2O2S/c1-3-4-7(2)15-18(16,17)10-6-8(14)5-9(12)11(10)13/h5-7,15H,3-4,14H2,1-2H3. The molecule has 0 heterocycles. The third-order valence-electron chi connectivity index (χ3n) is 2.38. The van der Waals surface area contributed by atoms with E-state index in [0.29, 0.717) is 6.42 Å². The minimum Gasteiger partial charge on any atom is -0.399 e. The second-order valence-corrected chi connectivity index (χ2v) is 6.22. The average molecular weight is 295 g/mol. The molecular formula is C11H16ClFN2O2S. The Morgan fingerprint density at radius 1 is 1.50 bits per heavy atom. The lowest BCUT2D eigenvalue weighted by atomic mass is 10.2. The van der Waals surface area contributed by atoms with Gasteiger partial charge in [0.25, 0.3) is 0 Å². The molecule has 0 aromatic heterocycles. The second kappa shape index (κ2) is 5.86. The summed E-state index contributed by atoms with van der Waals surface area (Å²) < 4.78 is 40.0. The minimum atomic E-state index is -3.95. The highest BCUT2D eigenvalue weighted by Crippen LogP contribution is 2.25. The number of nitrogens with two attached hydrogens (primary N) is 1. The lowest BCUT2D eigenvalue weighted by molar-refractivity contribution is 0.531. The van der Waals surface area contributed by atoms with E-state index in [4.69, 9.17) is 17.3 Å². The SMILES string of the molecule is CCCC(C)NS(=O)(=O)c1cc(N)cc(Cl)c1F. The van der Waals surface area contributed by atoms with Crippen LogP contribution in [-0.2, 0) is 10.0 Å². The molecule has 0 saturated heterocycles. The Hall–Kier alpha value is -0.850. The molecule has 0 fully saturated rings. The molecule has 0 aliphatic rings. The molecule has 1 rings (SSSR count). The van der Waals surface area contributed by atoms with Gasteiger partial charge in [-0.15, -0.1) is 0 Å². The summed E-state index contributed by atoms with van der Waals surface area (Å²) in [4.78, 5) is -0.518. The molecule has 3 N–H and O–H groups in total. The zero-order chi connectivity index (χ0) is 13.9. The first-order valence-corrected chi connectivity index (χ1v) is 7.41. The Kier molecular flexibility index (Phi) is 4.95. The first-order valence-electron chi connectivity index (χ1n) is 5.54. The molecule has 102 valence electrons.